The standard InChI is InChI=1S/C21H25FN4O7S/c1-21(2)20-24-16(17(27)19(29)26(20)7-10-33-21)18(28)23-12-13-3-4-14(22)11-15(13)34(30,31)25-5-8-32-9-6-25/h3-4,11,27H,5-10,12H2,1-2H3,(H,23,28). The first-order chi connectivity index (χ1) is 16.0. The largest absolute Gasteiger partial charge is 0.501 e. The van der Waals surface area contributed by atoms with Gasteiger partial charge in [0.1, 0.15) is 17.2 Å². The molecule has 0 atom stereocenters. The molecule has 1 amide bonds. The second-order valence-electron chi connectivity index (χ2n) is 8.40. The van der Waals surface area contributed by atoms with Crippen LogP contribution < -0.4 is 10.9 Å². The molecule has 13 heteroatoms. The number of nitrogens with zero attached hydrogens (tertiary/aromatic N) is 3. The predicted octanol–water partition coefficient (Wildman–Crippen LogP) is 0.304. The second kappa shape index (κ2) is 9.06. The van der Waals surface area contributed by atoms with E-state index in [0.717, 1.165) is 12.1 Å². The summed E-state index contributed by atoms with van der Waals surface area (Å²) in [6.45, 7) is 4.18. The Kier molecular flexibility index (Phi) is 6.46. The zero-order chi connectivity index (χ0) is 24.7. The number of rotatable bonds is 5. The summed E-state index contributed by atoms with van der Waals surface area (Å²) in [5, 5.41) is 12.8. The summed E-state index contributed by atoms with van der Waals surface area (Å²) < 4.78 is 53.4. The molecule has 34 heavy (non-hydrogen) atoms. The maximum Gasteiger partial charge on any atom is 0.296 e. The lowest BCUT2D eigenvalue weighted by Crippen LogP contribution is -2.42. The Morgan fingerprint density at radius 3 is 2.65 bits per heavy atom. The van der Waals surface area contributed by atoms with Gasteiger partial charge < -0.3 is 19.9 Å². The molecule has 1 saturated heterocycles. The zero-order valence-corrected chi connectivity index (χ0v) is 19.5. The topological polar surface area (TPSA) is 140 Å². The van der Waals surface area contributed by atoms with Gasteiger partial charge >= 0.3 is 0 Å². The van der Waals surface area contributed by atoms with Gasteiger partial charge in [0.05, 0.1) is 31.3 Å². The molecule has 4 rings (SSSR count). The summed E-state index contributed by atoms with van der Waals surface area (Å²) in [6, 6.07) is 3.24. The van der Waals surface area contributed by atoms with Gasteiger partial charge in [0, 0.05) is 19.6 Å². The van der Waals surface area contributed by atoms with E-state index >= 15 is 0 Å². The number of carbonyl (C=O) groups excluding carboxylic acids is 1. The zero-order valence-electron chi connectivity index (χ0n) is 18.7. The number of fused-ring (bicyclic) bond motifs is 1. The monoisotopic (exact) mass is 496 g/mol. The first kappa shape index (κ1) is 24.3. The molecule has 2 aliphatic heterocycles. The molecule has 2 N–H and O–H groups in total. The van der Waals surface area contributed by atoms with E-state index in [-0.39, 0.29) is 62.3 Å². The first-order valence-electron chi connectivity index (χ1n) is 10.6. The van der Waals surface area contributed by atoms with Crippen molar-refractivity contribution in [1.82, 2.24) is 19.2 Å². The molecule has 2 aliphatic rings. The predicted molar refractivity (Wildman–Crippen MR) is 116 cm³/mol. The average Bonchev–Trinajstić information content (AvgIpc) is 2.81. The fourth-order valence-electron chi connectivity index (χ4n) is 3.93. The van der Waals surface area contributed by atoms with Gasteiger partial charge in [-0.25, -0.2) is 17.8 Å². The third kappa shape index (κ3) is 4.43. The van der Waals surface area contributed by atoms with E-state index in [4.69, 9.17) is 9.47 Å². The lowest BCUT2D eigenvalue weighted by atomic mass is 10.1. The first-order valence-corrected chi connectivity index (χ1v) is 12.1. The molecule has 0 aliphatic carbocycles. The Labute approximate surface area is 195 Å². The summed E-state index contributed by atoms with van der Waals surface area (Å²) >= 11 is 0. The molecular weight excluding hydrogens is 471 g/mol. The van der Waals surface area contributed by atoms with Crippen molar-refractivity contribution in [2.24, 2.45) is 0 Å². The summed E-state index contributed by atoms with van der Waals surface area (Å²) in [5.41, 5.74) is -2.10. The maximum absolute atomic E-state index is 14.0. The Balaban J connectivity index is 1.62. The third-order valence-corrected chi connectivity index (χ3v) is 7.71. The van der Waals surface area contributed by atoms with Gasteiger partial charge in [-0.15, -0.1) is 0 Å². The minimum Gasteiger partial charge on any atom is -0.501 e. The van der Waals surface area contributed by atoms with Crippen LogP contribution in [0.5, 0.6) is 5.75 Å². The number of ether oxygens (including phenoxy) is 2. The van der Waals surface area contributed by atoms with E-state index in [1.807, 2.05) is 0 Å². The molecule has 1 aromatic heterocycles. The highest BCUT2D eigenvalue weighted by Gasteiger charge is 2.34. The lowest BCUT2D eigenvalue weighted by Gasteiger charge is -2.32. The molecule has 0 unspecified atom stereocenters. The molecule has 0 saturated carbocycles. The van der Waals surface area contributed by atoms with Crippen molar-refractivity contribution in [3.05, 3.63) is 51.5 Å². The number of carbonyl (C=O) groups is 1. The molecule has 0 spiro atoms. The smallest absolute Gasteiger partial charge is 0.296 e. The highest BCUT2D eigenvalue weighted by molar-refractivity contribution is 7.89. The van der Waals surface area contributed by atoms with Gasteiger partial charge in [-0.1, -0.05) is 6.07 Å². The number of aromatic nitrogens is 2. The quantitative estimate of drug-likeness (QED) is 0.603. The van der Waals surface area contributed by atoms with E-state index < -0.39 is 44.4 Å². The van der Waals surface area contributed by atoms with Crippen LogP contribution in [0.15, 0.2) is 27.9 Å². The number of nitrogens with one attached hydrogen (secondary N) is 1. The van der Waals surface area contributed by atoms with E-state index in [2.05, 4.69) is 10.3 Å². The van der Waals surface area contributed by atoms with E-state index in [0.29, 0.717) is 0 Å². The summed E-state index contributed by atoms with van der Waals surface area (Å²) in [7, 11) is -4.04. The van der Waals surface area contributed by atoms with E-state index in [9.17, 15) is 27.5 Å². The fraction of sp³-hybridized carbons (Fsp3) is 0.476. The summed E-state index contributed by atoms with van der Waals surface area (Å²) in [4.78, 5) is 29.3. The van der Waals surface area contributed by atoms with Gasteiger partial charge in [-0.3, -0.25) is 14.2 Å². The molecule has 184 valence electrons. The van der Waals surface area contributed by atoms with Gasteiger partial charge in [0.25, 0.3) is 11.5 Å². The minimum absolute atomic E-state index is 0.124. The van der Waals surface area contributed by atoms with E-state index in [1.165, 1.54) is 14.9 Å². The Morgan fingerprint density at radius 1 is 1.24 bits per heavy atom. The fourth-order valence-corrected chi connectivity index (χ4v) is 5.57. The SMILES string of the molecule is CC1(C)OCCn2c1nc(C(=O)NCc1ccc(F)cc1S(=O)(=O)N1CCOCC1)c(O)c2=O. The Hall–Kier alpha value is -2.87. The number of hydrogen-bond donors (Lipinski definition) is 2. The molecular formula is C21H25FN4O7S. The van der Waals surface area contributed by atoms with Crippen LogP contribution >= 0.6 is 0 Å². The summed E-state index contributed by atoms with van der Waals surface area (Å²) in [6.07, 6.45) is 0. The van der Waals surface area contributed by atoms with Crippen LogP contribution in [-0.4, -0.2) is 66.2 Å². The molecule has 0 bridgehead atoms. The van der Waals surface area contributed by atoms with Crippen LogP contribution in [0.25, 0.3) is 0 Å². The number of hydrogen-bond acceptors (Lipinski definition) is 8. The van der Waals surface area contributed by atoms with Gasteiger partial charge in [0.15, 0.2) is 5.69 Å². The Bertz CT molecular complexity index is 1290. The number of benzene rings is 1. The van der Waals surface area contributed by atoms with Gasteiger partial charge in [0.2, 0.25) is 15.8 Å². The van der Waals surface area contributed by atoms with Crippen molar-refractivity contribution in [2.75, 3.05) is 32.9 Å². The number of halogens is 1. The normalized spacial score (nSPS) is 18.3. The highest BCUT2D eigenvalue weighted by Crippen LogP contribution is 2.27. The molecule has 2 aromatic rings. The number of aromatic hydroxyl groups is 1. The average molecular weight is 497 g/mol. The van der Waals surface area contributed by atoms with Crippen molar-refractivity contribution in [3.8, 4) is 5.75 Å². The highest BCUT2D eigenvalue weighted by atomic mass is 32.2. The molecule has 11 nitrogen and oxygen atoms in total. The van der Waals surface area contributed by atoms with Crippen molar-refractivity contribution >= 4 is 15.9 Å². The molecule has 3 heterocycles. The van der Waals surface area contributed by atoms with Crippen LogP contribution in [0.3, 0.4) is 0 Å². The van der Waals surface area contributed by atoms with Crippen LogP contribution in [0.1, 0.15) is 35.7 Å². The van der Waals surface area contributed by atoms with Crippen LogP contribution in [0.2, 0.25) is 0 Å². The molecule has 1 aromatic carbocycles. The van der Waals surface area contributed by atoms with Gasteiger partial charge in [-0.05, 0) is 31.5 Å². The number of morpholine rings is 1. The van der Waals surface area contributed by atoms with E-state index in [1.54, 1.807) is 13.8 Å². The minimum atomic E-state index is -4.04. The molecule has 1 fully saturated rings. The van der Waals surface area contributed by atoms with Crippen LogP contribution in [-0.2, 0) is 38.2 Å². The van der Waals surface area contributed by atoms with Crippen molar-refractivity contribution in [2.45, 2.75) is 37.4 Å². The van der Waals surface area contributed by atoms with Crippen LogP contribution in [0, 0.1) is 5.82 Å². The Morgan fingerprint density at radius 2 is 1.94 bits per heavy atom. The van der Waals surface area contributed by atoms with Crippen molar-refractivity contribution in [3.63, 3.8) is 0 Å². The second-order valence-corrected chi connectivity index (χ2v) is 10.3. The van der Waals surface area contributed by atoms with Gasteiger partial charge in [-0.2, -0.15) is 4.31 Å². The maximum atomic E-state index is 14.0. The van der Waals surface area contributed by atoms with Crippen molar-refractivity contribution in [1.29, 1.82) is 0 Å². The lowest BCUT2D eigenvalue weighted by molar-refractivity contribution is -0.0566. The molecule has 0 radical (unpaired) electrons. The van der Waals surface area contributed by atoms with Crippen LogP contribution in [0.4, 0.5) is 4.39 Å². The van der Waals surface area contributed by atoms with Crippen molar-refractivity contribution < 1.29 is 32.2 Å². The summed E-state index contributed by atoms with van der Waals surface area (Å²) in [5.74, 6) is -2.27. The number of sulfonamides is 1. The number of amides is 1. The third-order valence-electron chi connectivity index (χ3n) is 5.73.